The number of hydrogen-bond acceptors (Lipinski definition) is 1. The molecule has 1 N–H and O–H groups in total. The van der Waals surface area contributed by atoms with Gasteiger partial charge in [0.1, 0.15) is 0 Å². The number of hydrogen-bond donors (Lipinski definition) is 1. The van der Waals surface area contributed by atoms with Crippen LogP contribution in [0.3, 0.4) is 0 Å². The minimum atomic E-state index is 0.576. The lowest BCUT2D eigenvalue weighted by Gasteiger charge is -1.83. The predicted octanol–water partition coefficient (Wildman–Crippen LogP) is 1.45. The maximum Gasteiger partial charge on any atom is 0.298 e. The van der Waals surface area contributed by atoms with Gasteiger partial charge in [-0.1, -0.05) is 6.57 Å². The van der Waals surface area contributed by atoms with Gasteiger partial charge in [0, 0.05) is 11.3 Å². The van der Waals surface area contributed by atoms with E-state index in [4.69, 9.17) is 6.57 Å². The molecule has 10 heavy (non-hydrogen) atoms. The molecule has 2 rings (SSSR count). The molecule has 1 aliphatic rings. The van der Waals surface area contributed by atoms with E-state index in [0.29, 0.717) is 5.82 Å². The van der Waals surface area contributed by atoms with E-state index >= 15 is 0 Å². The number of aromatic nitrogens is 2. The second-order valence-electron chi connectivity index (χ2n) is 2.47. The molecular weight excluding hydrogens is 126 g/mol. The van der Waals surface area contributed by atoms with Crippen molar-refractivity contribution in [3.63, 3.8) is 0 Å². The summed E-state index contributed by atoms with van der Waals surface area (Å²) < 4.78 is 0. The fourth-order valence-electron chi connectivity index (χ4n) is 1.39. The first-order valence-corrected chi connectivity index (χ1v) is 3.35. The molecular formula is C7H7N3. The van der Waals surface area contributed by atoms with Crippen molar-refractivity contribution in [2.75, 3.05) is 0 Å². The summed E-state index contributed by atoms with van der Waals surface area (Å²) in [7, 11) is 0. The topological polar surface area (TPSA) is 33.0 Å². The van der Waals surface area contributed by atoms with E-state index in [1.807, 2.05) is 0 Å². The van der Waals surface area contributed by atoms with Gasteiger partial charge in [0.25, 0.3) is 5.82 Å². The maximum atomic E-state index is 6.77. The van der Waals surface area contributed by atoms with Crippen molar-refractivity contribution in [1.82, 2.24) is 10.2 Å². The molecule has 0 aromatic carbocycles. The van der Waals surface area contributed by atoms with Crippen molar-refractivity contribution in [2.24, 2.45) is 0 Å². The summed E-state index contributed by atoms with van der Waals surface area (Å²) in [6, 6.07) is 0. The maximum absolute atomic E-state index is 6.77. The van der Waals surface area contributed by atoms with Gasteiger partial charge in [-0.05, 0) is 24.4 Å². The molecule has 0 aliphatic heterocycles. The van der Waals surface area contributed by atoms with Crippen LogP contribution in [0, 0.1) is 6.57 Å². The van der Waals surface area contributed by atoms with Crippen molar-refractivity contribution in [2.45, 2.75) is 19.3 Å². The molecule has 0 radical (unpaired) electrons. The Labute approximate surface area is 58.9 Å². The van der Waals surface area contributed by atoms with Gasteiger partial charge >= 0.3 is 0 Å². The third-order valence-electron chi connectivity index (χ3n) is 1.89. The van der Waals surface area contributed by atoms with E-state index < -0.39 is 0 Å². The smallest absolute Gasteiger partial charge is 0.298 e. The third-order valence-corrected chi connectivity index (χ3v) is 1.89. The lowest BCUT2D eigenvalue weighted by Crippen LogP contribution is -1.76. The Balaban J connectivity index is 2.57. The van der Waals surface area contributed by atoms with Gasteiger partial charge in [0.15, 0.2) is 0 Å². The SMILES string of the molecule is [C-]#[N+]c1n[nH]c2c1CCC2. The van der Waals surface area contributed by atoms with Gasteiger partial charge in [-0.15, -0.1) is 0 Å². The van der Waals surface area contributed by atoms with Crippen LogP contribution in [-0.4, -0.2) is 10.2 Å². The highest BCUT2D eigenvalue weighted by Crippen LogP contribution is 2.27. The molecule has 0 unspecified atom stereocenters. The molecule has 50 valence electrons. The van der Waals surface area contributed by atoms with Crippen molar-refractivity contribution in [1.29, 1.82) is 0 Å². The summed E-state index contributed by atoms with van der Waals surface area (Å²) >= 11 is 0. The Morgan fingerprint density at radius 1 is 1.50 bits per heavy atom. The summed E-state index contributed by atoms with van der Waals surface area (Å²) in [6.07, 6.45) is 3.27. The Morgan fingerprint density at radius 2 is 2.40 bits per heavy atom. The van der Waals surface area contributed by atoms with Crippen LogP contribution in [0.1, 0.15) is 17.7 Å². The van der Waals surface area contributed by atoms with Gasteiger partial charge in [-0.2, -0.15) is 0 Å². The number of aryl methyl sites for hydroxylation is 1. The van der Waals surface area contributed by atoms with Crippen molar-refractivity contribution in [3.8, 4) is 0 Å². The zero-order valence-corrected chi connectivity index (χ0v) is 5.52. The lowest BCUT2D eigenvalue weighted by molar-refractivity contribution is 0.869. The van der Waals surface area contributed by atoms with Crippen LogP contribution in [0.4, 0.5) is 5.82 Å². The van der Waals surface area contributed by atoms with Crippen LogP contribution < -0.4 is 0 Å². The summed E-state index contributed by atoms with van der Waals surface area (Å²) in [5.41, 5.74) is 2.32. The number of aromatic amines is 1. The van der Waals surface area contributed by atoms with Gasteiger partial charge in [-0.25, -0.2) is 5.10 Å². The molecule has 3 heteroatoms. The van der Waals surface area contributed by atoms with E-state index in [2.05, 4.69) is 15.0 Å². The number of fused-ring (bicyclic) bond motifs is 1. The minimum absolute atomic E-state index is 0.576. The van der Waals surface area contributed by atoms with Crippen molar-refractivity contribution < 1.29 is 0 Å². The van der Waals surface area contributed by atoms with Gasteiger partial charge in [0.2, 0.25) is 0 Å². The van der Waals surface area contributed by atoms with Gasteiger partial charge in [0.05, 0.1) is 0 Å². The van der Waals surface area contributed by atoms with E-state index in [0.717, 1.165) is 18.4 Å². The number of rotatable bonds is 0. The van der Waals surface area contributed by atoms with E-state index in [1.165, 1.54) is 12.1 Å². The Morgan fingerprint density at radius 3 is 3.20 bits per heavy atom. The van der Waals surface area contributed by atoms with Crippen LogP contribution in [0.5, 0.6) is 0 Å². The standard InChI is InChI=1S/C7H7N3/c1-8-7-5-3-2-4-6(5)9-10-7/h2-4H2,(H,9,10). The molecule has 0 atom stereocenters. The molecule has 1 aromatic heterocycles. The van der Waals surface area contributed by atoms with Crippen LogP contribution >= 0.6 is 0 Å². The minimum Gasteiger partial charge on any atom is -0.359 e. The highest BCUT2D eigenvalue weighted by atomic mass is 15.2. The second-order valence-corrected chi connectivity index (χ2v) is 2.47. The van der Waals surface area contributed by atoms with Crippen LogP contribution in [0.2, 0.25) is 0 Å². The van der Waals surface area contributed by atoms with Crippen molar-refractivity contribution >= 4 is 5.82 Å². The largest absolute Gasteiger partial charge is 0.359 e. The molecule has 0 amide bonds. The molecule has 0 bridgehead atoms. The van der Waals surface area contributed by atoms with Crippen LogP contribution in [0.15, 0.2) is 0 Å². The van der Waals surface area contributed by atoms with Gasteiger partial charge < -0.3 is 4.85 Å². The zero-order chi connectivity index (χ0) is 6.97. The summed E-state index contributed by atoms with van der Waals surface area (Å²) in [5.74, 6) is 0.576. The average molecular weight is 133 g/mol. The molecule has 1 aromatic rings. The molecule has 1 aliphatic carbocycles. The first-order valence-electron chi connectivity index (χ1n) is 3.35. The Bertz CT molecular complexity index is 292. The predicted molar refractivity (Wildman–Crippen MR) is 36.9 cm³/mol. The first kappa shape index (κ1) is 5.48. The summed E-state index contributed by atoms with van der Waals surface area (Å²) in [5, 5.41) is 6.75. The molecule has 0 saturated carbocycles. The average Bonchev–Trinajstić information content (AvgIpc) is 2.44. The Hall–Kier alpha value is -1.30. The fourth-order valence-corrected chi connectivity index (χ4v) is 1.39. The highest BCUT2D eigenvalue weighted by molar-refractivity contribution is 5.49. The fraction of sp³-hybridized carbons (Fsp3) is 0.429. The normalized spacial score (nSPS) is 14.7. The molecule has 0 saturated heterocycles. The van der Waals surface area contributed by atoms with Crippen LogP contribution in [0.25, 0.3) is 4.85 Å². The molecule has 0 spiro atoms. The van der Waals surface area contributed by atoms with Crippen molar-refractivity contribution in [3.05, 3.63) is 22.7 Å². The number of H-pyrrole nitrogens is 1. The third kappa shape index (κ3) is 0.561. The lowest BCUT2D eigenvalue weighted by atomic mass is 10.3. The highest BCUT2D eigenvalue weighted by Gasteiger charge is 2.18. The summed E-state index contributed by atoms with van der Waals surface area (Å²) in [6.45, 7) is 6.77. The van der Waals surface area contributed by atoms with Crippen LogP contribution in [-0.2, 0) is 12.8 Å². The second kappa shape index (κ2) is 1.84. The quantitative estimate of drug-likeness (QED) is 0.534. The number of nitrogens with one attached hydrogen (secondary N) is 1. The molecule has 1 heterocycles. The molecule has 3 nitrogen and oxygen atoms in total. The van der Waals surface area contributed by atoms with Gasteiger partial charge in [-0.3, -0.25) is 0 Å². The first-order chi connectivity index (χ1) is 4.92. The zero-order valence-electron chi connectivity index (χ0n) is 5.52. The van der Waals surface area contributed by atoms with E-state index in [-0.39, 0.29) is 0 Å². The summed E-state index contributed by atoms with van der Waals surface area (Å²) in [4.78, 5) is 3.31. The van der Waals surface area contributed by atoms with E-state index in [1.54, 1.807) is 0 Å². The Kier molecular flexibility index (Phi) is 1.01. The monoisotopic (exact) mass is 133 g/mol. The molecule has 0 fully saturated rings. The number of nitrogens with zero attached hydrogens (tertiary/aromatic N) is 2. The van der Waals surface area contributed by atoms with E-state index in [9.17, 15) is 0 Å².